The number of nitrogens with zero attached hydrogens (tertiary/aromatic N) is 1. The zero-order chi connectivity index (χ0) is 20.4. The fraction of sp³-hybridized carbons (Fsp3) is 0.130. The van der Waals surface area contributed by atoms with Crippen LogP contribution in [0.2, 0.25) is 5.02 Å². The van der Waals surface area contributed by atoms with Gasteiger partial charge in [-0.2, -0.15) is 0 Å². The summed E-state index contributed by atoms with van der Waals surface area (Å²) in [6.07, 6.45) is 1.90. The Morgan fingerprint density at radius 3 is 2.59 bits per heavy atom. The van der Waals surface area contributed by atoms with Gasteiger partial charge in [-0.3, -0.25) is 9.69 Å². The first-order valence-electron chi connectivity index (χ1n) is 9.21. The number of thioether (sulfide) groups is 1. The van der Waals surface area contributed by atoms with Crippen LogP contribution in [0.25, 0.3) is 16.8 Å². The highest BCUT2D eigenvalue weighted by Gasteiger charge is 2.31. The van der Waals surface area contributed by atoms with Gasteiger partial charge in [0, 0.05) is 17.1 Å². The average Bonchev–Trinajstić information content (AvgIpc) is 3.01. The van der Waals surface area contributed by atoms with Gasteiger partial charge >= 0.3 is 0 Å². The molecule has 0 aliphatic carbocycles. The molecule has 6 heteroatoms. The summed E-state index contributed by atoms with van der Waals surface area (Å²) in [6, 6.07) is 19.6. The van der Waals surface area contributed by atoms with Crippen LogP contribution in [0.4, 0.5) is 0 Å². The number of ether oxygens (including phenoxy) is 1. The lowest BCUT2D eigenvalue weighted by Crippen LogP contribution is -2.27. The molecular weight excluding hydrogens is 422 g/mol. The Kier molecular flexibility index (Phi) is 5.90. The van der Waals surface area contributed by atoms with Crippen LogP contribution in [0.3, 0.4) is 0 Å². The number of halogens is 1. The van der Waals surface area contributed by atoms with Gasteiger partial charge in [0.1, 0.15) is 16.7 Å². The fourth-order valence-corrected chi connectivity index (χ4v) is 4.69. The van der Waals surface area contributed by atoms with E-state index in [0.29, 0.717) is 27.4 Å². The van der Waals surface area contributed by atoms with Crippen molar-refractivity contribution in [1.82, 2.24) is 4.90 Å². The predicted octanol–water partition coefficient (Wildman–Crippen LogP) is 6.29. The molecule has 3 nitrogen and oxygen atoms in total. The minimum absolute atomic E-state index is 0.0564. The Morgan fingerprint density at radius 1 is 1.10 bits per heavy atom. The molecule has 1 heterocycles. The zero-order valence-corrected chi connectivity index (χ0v) is 18.1. The van der Waals surface area contributed by atoms with Crippen LogP contribution in [-0.2, 0) is 11.4 Å². The number of hydrogen-bond acceptors (Lipinski definition) is 4. The molecule has 4 rings (SSSR count). The number of amides is 1. The van der Waals surface area contributed by atoms with Gasteiger partial charge in [0.05, 0.1) is 4.91 Å². The van der Waals surface area contributed by atoms with Crippen LogP contribution in [0, 0.1) is 0 Å². The van der Waals surface area contributed by atoms with Gasteiger partial charge in [0.2, 0.25) is 0 Å². The molecule has 146 valence electrons. The Hall–Kier alpha value is -2.34. The predicted molar refractivity (Wildman–Crippen MR) is 125 cm³/mol. The van der Waals surface area contributed by atoms with Gasteiger partial charge in [-0.15, -0.1) is 0 Å². The highest BCUT2D eigenvalue weighted by Crippen LogP contribution is 2.37. The summed E-state index contributed by atoms with van der Waals surface area (Å²) in [4.78, 5) is 14.9. The van der Waals surface area contributed by atoms with Gasteiger partial charge in [-0.05, 0) is 47.5 Å². The van der Waals surface area contributed by atoms with Crippen molar-refractivity contribution in [3.63, 3.8) is 0 Å². The van der Waals surface area contributed by atoms with Crippen molar-refractivity contribution in [3.8, 4) is 5.75 Å². The van der Waals surface area contributed by atoms with Crippen LogP contribution >= 0.6 is 35.6 Å². The Balaban J connectivity index is 1.73. The van der Waals surface area contributed by atoms with E-state index in [1.165, 1.54) is 11.8 Å². The second-order valence-electron chi connectivity index (χ2n) is 6.54. The molecule has 0 unspecified atom stereocenters. The maximum Gasteiger partial charge on any atom is 0.266 e. The van der Waals surface area contributed by atoms with Gasteiger partial charge < -0.3 is 4.74 Å². The lowest BCUT2D eigenvalue weighted by atomic mass is 10.0. The quantitative estimate of drug-likeness (QED) is 0.345. The number of carbonyl (C=O) groups is 1. The molecule has 29 heavy (non-hydrogen) atoms. The minimum atomic E-state index is -0.0564. The second kappa shape index (κ2) is 8.57. The monoisotopic (exact) mass is 439 g/mol. The average molecular weight is 440 g/mol. The first-order chi connectivity index (χ1) is 14.1. The molecule has 1 amide bonds. The van der Waals surface area contributed by atoms with Crippen LogP contribution in [0.1, 0.15) is 18.1 Å². The summed E-state index contributed by atoms with van der Waals surface area (Å²) in [5.74, 6) is 0.666. The second-order valence-corrected chi connectivity index (χ2v) is 8.65. The first kappa shape index (κ1) is 20.0. The highest BCUT2D eigenvalue weighted by atomic mass is 35.5. The number of rotatable bonds is 5. The van der Waals surface area contributed by atoms with E-state index in [9.17, 15) is 4.79 Å². The summed E-state index contributed by atoms with van der Waals surface area (Å²) in [7, 11) is 0. The molecule has 0 aromatic heterocycles. The summed E-state index contributed by atoms with van der Waals surface area (Å²) in [5.41, 5.74) is 1.90. The number of likely N-dealkylation sites (N-methyl/N-ethyl adjacent to an activating group) is 1. The summed E-state index contributed by atoms with van der Waals surface area (Å²) < 4.78 is 6.73. The van der Waals surface area contributed by atoms with Gasteiger partial charge in [0.15, 0.2) is 0 Å². The molecule has 0 radical (unpaired) electrons. The largest absolute Gasteiger partial charge is 0.488 e. The Morgan fingerprint density at radius 2 is 1.86 bits per heavy atom. The smallest absolute Gasteiger partial charge is 0.266 e. The molecule has 1 saturated heterocycles. The number of thiocarbonyl (C=S) groups is 1. The number of benzene rings is 3. The highest BCUT2D eigenvalue weighted by molar-refractivity contribution is 8.26. The molecule has 3 aromatic carbocycles. The summed E-state index contributed by atoms with van der Waals surface area (Å²) in [6.45, 7) is 2.90. The molecule has 0 atom stereocenters. The minimum Gasteiger partial charge on any atom is -0.488 e. The van der Waals surface area contributed by atoms with E-state index in [-0.39, 0.29) is 5.91 Å². The standard InChI is InChI=1S/C23H18ClNO2S2/c1-2-25-22(26)21(29-23(25)28)13-19-18-6-4-3-5-16(18)9-12-20(19)27-14-15-7-10-17(24)11-8-15/h3-13H,2,14H2,1H3/b21-13-. The lowest BCUT2D eigenvalue weighted by Gasteiger charge is -2.13. The summed E-state index contributed by atoms with van der Waals surface area (Å²) >= 11 is 12.6. The molecule has 3 aromatic rings. The summed E-state index contributed by atoms with van der Waals surface area (Å²) in [5, 5.41) is 2.81. The van der Waals surface area contributed by atoms with E-state index in [1.807, 2.05) is 73.7 Å². The lowest BCUT2D eigenvalue weighted by molar-refractivity contribution is -0.121. The molecule has 0 N–H and O–H groups in total. The third-order valence-corrected chi connectivity index (χ3v) is 6.33. The number of fused-ring (bicyclic) bond motifs is 1. The first-order valence-corrected chi connectivity index (χ1v) is 10.8. The van der Waals surface area contributed by atoms with Crippen molar-refractivity contribution in [2.45, 2.75) is 13.5 Å². The maximum atomic E-state index is 12.7. The Labute approximate surface area is 184 Å². The van der Waals surface area contributed by atoms with Gasteiger partial charge in [0.25, 0.3) is 5.91 Å². The van der Waals surface area contributed by atoms with Crippen molar-refractivity contribution in [1.29, 1.82) is 0 Å². The van der Waals surface area contributed by atoms with Crippen LogP contribution < -0.4 is 4.74 Å². The molecule has 0 bridgehead atoms. The van der Waals surface area contributed by atoms with Crippen LogP contribution in [0.15, 0.2) is 65.6 Å². The zero-order valence-electron chi connectivity index (χ0n) is 15.7. The van der Waals surface area contributed by atoms with Gasteiger partial charge in [-0.25, -0.2) is 0 Å². The molecule has 0 saturated carbocycles. The molecular formula is C23H18ClNO2S2. The fourth-order valence-electron chi connectivity index (χ4n) is 3.20. The van der Waals surface area contributed by atoms with Crippen molar-refractivity contribution in [2.75, 3.05) is 6.54 Å². The third kappa shape index (κ3) is 4.17. The van der Waals surface area contributed by atoms with Crippen molar-refractivity contribution in [2.24, 2.45) is 0 Å². The molecule has 1 aliphatic heterocycles. The van der Waals surface area contributed by atoms with Crippen molar-refractivity contribution >= 4 is 62.7 Å². The topological polar surface area (TPSA) is 29.5 Å². The van der Waals surface area contributed by atoms with Gasteiger partial charge in [-0.1, -0.05) is 78.0 Å². The van der Waals surface area contributed by atoms with Crippen LogP contribution in [-0.4, -0.2) is 21.7 Å². The van der Waals surface area contributed by atoms with E-state index < -0.39 is 0 Å². The van der Waals surface area contributed by atoms with Crippen molar-refractivity contribution in [3.05, 3.63) is 81.7 Å². The Bertz CT molecular complexity index is 1130. The third-order valence-electron chi connectivity index (χ3n) is 4.70. The number of carbonyl (C=O) groups excluding carboxylic acids is 1. The molecule has 1 fully saturated rings. The van der Waals surface area contributed by atoms with Crippen LogP contribution in [0.5, 0.6) is 5.75 Å². The van der Waals surface area contributed by atoms with Crippen molar-refractivity contribution < 1.29 is 9.53 Å². The molecule has 0 spiro atoms. The van der Waals surface area contributed by atoms with E-state index in [0.717, 1.165) is 27.6 Å². The van der Waals surface area contributed by atoms with E-state index in [2.05, 4.69) is 0 Å². The maximum absolute atomic E-state index is 12.7. The van der Waals surface area contributed by atoms with E-state index >= 15 is 0 Å². The van der Waals surface area contributed by atoms with E-state index in [1.54, 1.807) is 4.90 Å². The molecule has 1 aliphatic rings. The number of hydrogen-bond donors (Lipinski definition) is 0. The SMILES string of the molecule is CCN1C(=O)/C(=C/c2c(OCc3ccc(Cl)cc3)ccc3ccccc23)SC1=S. The van der Waals surface area contributed by atoms with E-state index in [4.69, 9.17) is 28.6 Å². The normalized spacial score (nSPS) is 15.5.